The highest BCUT2D eigenvalue weighted by Gasteiger charge is 2.41. The Morgan fingerprint density at radius 2 is 1.85 bits per heavy atom. The average Bonchev–Trinajstić information content (AvgIpc) is 2.64. The van der Waals surface area contributed by atoms with E-state index in [0.717, 1.165) is 0 Å². The van der Waals surface area contributed by atoms with Gasteiger partial charge in [-0.2, -0.15) is 13.2 Å². The normalized spacial score (nSPS) is 11.9. The van der Waals surface area contributed by atoms with Crippen molar-refractivity contribution in [2.45, 2.75) is 6.18 Å². The quantitative estimate of drug-likeness (QED) is 0.266. The smallest absolute Gasteiger partial charge is 0.433 e. The summed E-state index contributed by atoms with van der Waals surface area (Å²) in [5.74, 6) is -2.47. The standard InChI is InChI=1S/C16H18F3N3O5/c1-22-14(21)12(13(20)16(17,18)19)15(24)27-7-10(23)9-5-4-8(25-2)6-11(9)26-3/h4-6,20,22H,7,21H2,1-3H3/b14-12+,20-13?. The number of nitrogens with one attached hydrogen (secondary N) is 2. The number of carbonyl (C=O) groups excluding carboxylic acids is 2. The van der Waals surface area contributed by atoms with Crippen LogP contribution in [0, 0.1) is 5.41 Å². The summed E-state index contributed by atoms with van der Waals surface area (Å²) in [5, 5.41) is 9.24. The van der Waals surface area contributed by atoms with E-state index < -0.39 is 41.6 Å². The van der Waals surface area contributed by atoms with Crippen LogP contribution in [-0.4, -0.2) is 51.5 Å². The third kappa shape index (κ3) is 5.36. The lowest BCUT2D eigenvalue weighted by atomic mass is 10.1. The highest BCUT2D eigenvalue weighted by Crippen LogP contribution is 2.25. The fraction of sp³-hybridized carbons (Fsp3) is 0.312. The summed E-state index contributed by atoms with van der Waals surface area (Å²) < 4.78 is 52.9. The molecule has 8 nitrogen and oxygen atoms in total. The number of rotatable bonds is 8. The molecule has 0 heterocycles. The van der Waals surface area contributed by atoms with Gasteiger partial charge in [-0.3, -0.25) is 10.2 Å². The number of benzene rings is 1. The van der Waals surface area contributed by atoms with Gasteiger partial charge in [-0.05, 0) is 12.1 Å². The van der Waals surface area contributed by atoms with Crippen molar-refractivity contribution in [3.8, 4) is 11.5 Å². The van der Waals surface area contributed by atoms with Gasteiger partial charge in [0.15, 0.2) is 12.3 Å². The molecule has 0 radical (unpaired) electrons. The molecule has 148 valence electrons. The van der Waals surface area contributed by atoms with Crippen LogP contribution < -0.4 is 20.5 Å². The van der Waals surface area contributed by atoms with E-state index in [9.17, 15) is 22.8 Å². The summed E-state index contributed by atoms with van der Waals surface area (Å²) in [6.07, 6.45) is -5.13. The lowest BCUT2D eigenvalue weighted by Crippen LogP contribution is -2.34. The van der Waals surface area contributed by atoms with Gasteiger partial charge in [0.1, 0.15) is 22.9 Å². The van der Waals surface area contributed by atoms with E-state index in [1.165, 1.54) is 39.5 Å². The summed E-state index contributed by atoms with van der Waals surface area (Å²) in [7, 11) is 3.88. The molecule has 1 aromatic carbocycles. The Kier molecular flexibility index (Phi) is 7.20. The van der Waals surface area contributed by atoms with Gasteiger partial charge in [-0.25, -0.2) is 4.79 Å². The van der Waals surface area contributed by atoms with Gasteiger partial charge < -0.3 is 25.3 Å². The van der Waals surface area contributed by atoms with Gasteiger partial charge in [0.25, 0.3) is 0 Å². The van der Waals surface area contributed by atoms with Crippen LogP contribution >= 0.6 is 0 Å². The number of hydrogen-bond acceptors (Lipinski definition) is 8. The lowest BCUT2D eigenvalue weighted by molar-refractivity contribution is -0.138. The molecule has 0 aromatic heterocycles. The molecule has 0 bridgehead atoms. The van der Waals surface area contributed by atoms with Crippen LogP contribution in [0.3, 0.4) is 0 Å². The van der Waals surface area contributed by atoms with Crippen molar-refractivity contribution in [2.24, 2.45) is 5.73 Å². The van der Waals surface area contributed by atoms with Crippen LogP contribution in [0.15, 0.2) is 29.6 Å². The second kappa shape index (κ2) is 8.92. The summed E-state index contributed by atoms with van der Waals surface area (Å²) >= 11 is 0. The molecule has 4 N–H and O–H groups in total. The number of alkyl halides is 3. The van der Waals surface area contributed by atoms with Crippen LogP contribution in [0.4, 0.5) is 13.2 Å². The van der Waals surface area contributed by atoms with Gasteiger partial charge >= 0.3 is 12.1 Å². The maximum absolute atomic E-state index is 12.7. The van der Waals surface area contributed by atoms with Crippen LogP contribution in [0.1, 0.15) is 10.4 Å². The zero-order valence-electron chi connectivity index (χ0n) is 14.7. The van der Waals surface area contributed by atoms with Gasteiger partial charge in [0, 0.05) is 13.1 Å². The minimum Gasteiger partial charge on any atom is -0.497 e. The Bertz CT molecular complexity index is 775. The summed E-state index contributed by atoms with van der Waals surface area (Å²) in [5.41, 5.74) is 2.14. The second-order valence-electron chi connectivity index (χ2n) is 4.98. The van der Waals surface area contributed by atoms with Crippen molar-refractivity contribution in [2.75, 3.05) is 27.9 Å². The van der Waals surface area contributed by atoms with Crippen molar-refractivity contribution in [3.63, 3.8) is 0 Å². The highest BCUT2D eigenvalue weighted by atomic mass is 19.4. The first kappa shape index (κ1) is 21.8. The molecular formula is C16H18F3N3O5. The molecule has 0 aliphatic heterocycles. The largest absolute Gasteiger partial charge is 0.497 e. The van der Waals surface area contributed by atoms with Crippen molar-refractivity contribution in [1.29, 1.82) is 5.41 Å². The first-order valence-electron chi connectivity index (χ1n) is 7.32. The number of ether oxygens (including phenoxy) is 3. The number of methoxy groups -OCH3 is 2. The molecule has 27 heavy (non-hydrogen) atoms. The zero-order chi connectivity index (χ0) is 20.8. The highest BCUT2D eigenvalue weighted by molar-refractivity contribution is 6.21. The zero-order valence-corrected chi connectivity index (χ0v) is 14.7. The summed E-state index contributed by atoms with van der Waals surface area (Å²) in [6.45, 7) is -0.882. The topological polar surface area (TPSA) is 124 Å². The molecule has 0 atom stereocenters. The maximum Gasteiger partial charge on any atom is 0.433 e. The van der Waals surface area contributed by atoms with Gasteiger partial charge in [-0.1, -0.05) is 0 Å². The molecule has 0 saturated carbocycles. The summed E-state index contributed by atoms with van der Waals surface area (Å²) in [6, 6.07) is 4.23. The molecular weight excluding hydrogens is 371 g/mol. The van der Waals surface area contributed by atoms with E-state index in [4.69, 9.17) is 20.6 Å². The fourth-order valence-electron chi connectivity index (χ4n) is 1.92. The SMILES string of the molecule is CN/C(N)=C(\C(=N)C(F)(F)F)C(=O)OCC(=O)c1ccc(OC)cc1OC. The van der Waals surface area contributed by atoms with Crippen molar-refractivity contribution in [3.05, 3.63) is 35.2 Å². The van der Waals surface area contributed by atoms with Crippen molar-refractivity contribution < 1.29 is 37.0 Å². The monoisotopic (exact) mass is 389 g/mol. The van der Waals surface area contributed by atoms with E-state index in [0.29, 0.717) is 5.75 Å². The van der Waals surface area contributed by atoms with E-state index in [2.05, 4.69) is 10.1 Å². The van der Waals surface area contributed by atoms with Gasteiger partial charge in [-0.15, -0.1) is 0 Å². The van der Waals surface area contributed by atoms with Crippen molar-refractivity contribution >= 4 is 17.5 Å². The molecule has 0 aliphatic rings. The number of carbonyl (C=O) groups is 2. The van der Waals surface area contributed by atoms with E-state index in [1.807, 2.05) is 0 Å². The van der Waals surface area contributed by atoms with Crippen LogP contribution in [0.2, 0.25) is 0 Å². The second-order valence-corrected chi connectivity index (χ2v) is 4.98. The number of Topliss-reactive ketones (excluding diaryl/α,β-unsaturated/α-hetero) is 1. The number of ketones is 1. The van der Waals surface area contributed by atoms with E-state index >= 15 is 0 Å². The number of halogens is 3. The summed E-state index contributed by atoms with van der Waals surface area (Å²) in [4.78, 5) is 24.2. The lowest BCUT2D eigenvalue weighted by Gasteiger charge is -2.15. The minimum atomic E-state index is -5.13. The molecule has 0 saturated heterocycles. The first-order valence-corrected chi connectivity index (χ1v) is 7.32. The van der Waals surface area contributed by atoms with E-state index in [1.54, 1.807) is 0 Å². The molecule has 0 fully saturated rings. The van der Waals surface area contributed by atoms with Crippen LogP contribution in [0.25, 0.3) is 0 Å². The van der Waals surface area contributed by atoms with Crippen LogP contribution in [0.5, 0.6) is 11.5 Å². The fourth-order valence-corrected chi connectivity index (χ4v) is 1.92. The maximum atomic E-state index is 12.7. The van der Waals surface area contributed by atoms with E-state index in [-0.39, 0.29) is 11.3 Å². The predicted molar refractivity (Wildman–Crippen MR) is 88.9 cm³/mol. The third-order valence-electron chi connectivity index (χ3n) is 3.32. The van der Waals surface area contributed by atoms with Gasteiger partial charge in [0.2, 0.25) is 5.78 Å². The predicted octanol–water partition coefficient (Wildman–Crippen LogP) is 1.40. The molecule has 1 aromatic rings. The third-order valence-corrected chi connectivity index (χ3v) is 3.32. The number of esters is 1. The Morgan fingerprint density at radius 3 is 2.33 bits per heavy atom. The molecule has 0 aliphatic carbocycles. The van der Waals surface area contributed by atoms with Crippen LogP contribution in [-0.2, 0) is 9.53 Å². The number of hydrogen-bond donors (Lipinski definition) is 3. The molecule has 0 amide bonds. The Hall–Kier alpha value is -3.24. The number of nitrogens with two attached hydrogens (primary N) is 1. The molecule has 0 unspecified atom stereocenters. The molecule has 1 rings (SSSR count). The van der Waals surface area contributed by atoms with Gasteiger partial charge in [0.05, 0.1) is 19.8 Å². The average molecular weight is 389 g/mol. The molecule has 11 heteroatoms. The Labute approximate surface area is 152 Å². The van der Waals surface area contributed by atoms with Crippen molar-refractivity contribution in [1.82, 2.24) is 5.32 Å². The Balaban J connectivity index is 3.00. The minimum absolute atomic E-state index is 0.0316. The Morgan fingerprint density at radius 1 is 1.22 bits per heavy atom. The molecule has 0 spiro atoms. The first-order chi connectivity index (χ1) is 12.6.